The third-order valence-corrected chi connectivity index (χ3v) is 2.10. The quantitative estimate of drug-likeness (QED) is 0.727. The Morgan fingerprint density at radius 2 is 2.42 bits per heavy atom. The molecule has 0 aliphatic heterocycles. The van der Waals surface area contributed by atoms with Crippen LogP contribution >= 0.6 is 11.8 Å². The standard InChI is InChI=1S/C8H9NO2S/c1-2-12-7-4-3-6(5-9-7)8(10)11/h3-5H,2H2,1H3,(H,10,11). The summed E-state index contributed by atoms with van der Waals surface area (Å²) in [7, 11) is 0. The van der Waals surface area contributed by atoms with Gasteiger partial charge in [-0.3, -0.25) is 0 Å². The van der Waals surface area contributed by atoms with Crippen molar-refractivity contribution in [3.8, 4) is 0 Å². The number of carboxylic acid groups (broad SMARTS) is 1. The molecule has 0 radical (unpaired) electrons. The summed E-state index contributed by atoms with van der Waals surface area (Å²) in [5.74, 6) is 0.00919. The van der Waals surface area contributed by atoms with Gasteiger partial charge in [0.15, 0.2) is 0 Å². The lowest BCUT2D eigenvalue weighted by molar-refractivity contribution is 0.0696. The molecule has 0 saturated heterocycles. The highest BCUT2D eigenvalue weighted by Gasteiger charge is 2.01. The van der Waals surface area contributed by atoms with Gasteiger partial charge in [0.2, 0.25) is 0 Å². The molecule has 0 aromatic carbocycles. The number of carboxylic acids is 1. The van der Waals surface area contributed by atoms with Crippen LogP contribution in [0.25, 0.3) is 0 Å². The summed E-state index contributed by atoms with van der Waals surface area (Å²) in [5, 5.41) is 9.42. The zero-order valence-electron chi connectivity index (χ0n) is 6.65. The molecular formula is C8H9NO2S. The van der Waals surface area contributed by atoms with E-state index in [1.807, 2.05) is 6.92 Å². The first kappa shape index (κ1) is 9.06. The van der Waals surface area contributed by atoms with Crippen LogP contribution in [-0.2, 0) is 0 Å². The van der Waals surface area contributed by atoms with E-state index in [2.05, 4.69) is 4.98 Å². The van der Waals surface area contributed by atoms with Gasteiger partial charge in [-0.15, -0.1) is 11.8 Å². The highest BCUT2D eigenvalue weighted by atomic mass is 32.2. The van der Waals surface area contributed by atoms with Crippen LogP contribution in [0.1, 0.15) is 17.3 Å². The average Bonchev–Trinajstić information content (AvgIpc) is 2.06. The molecule has 0 bridgehead atoms. The van der Waals surface area contributed by atoms with E-state index in [9.17, 15) is 4.79 Å². The van der Waals surface area contributed by atoms with Crippen LogP contribution in [0.5, 0.6) is 0 Å². The maximum atomic E-state index is 10.4. The van der Waals surface area contributed by atoms with Crippen LogP contribution in [0.2, 0.25) is 0 Å². The number of aromatic carboxylic acids is 1. The summed E-state index contributed by atoms with van der Waals surface area (Å²) >= 11 is 1.59. The number of hydrogen-bond acceptors (Lipinski definition) is 3. The fraction of sp³-hybridized carbons (Fsp3) is 0.250. The van der Waals surface area contributed by atoms with Crippen molar-refractivity contribution in [2.45, 2.75) is 11.9 Å². The second-order valence-corrected chi connectivity index (χ2v) is 3.41. The first-order valence-corrected chi connectivity index (χ1v) is 4.54. The van der Waals surface area contributed by atoms with Gasteiger partial charge in [0.1, 0.15) is 0 Å². The summed E-state index contributed by atoms with van der Waals surface area (Å²) in [4.78, 5) is 14.4. The molecule has 0 aliphatic rings. The van der Waals surface area contributed by atoms with Gasteiger partial charge < -0.3 is 5.11 Å². The Hall–Kier alpha value is -1.03. The zero-order chi connectivity index (χ0) is 8.97. The van der Waals surface area contributed by atoms with E-state index in [1.165, 1.54) is 6.20 Å². The molecule has 0 atom stereocenters. The summed E-state index contributed by atoms with van der Waals surface area (Å²) in [6, 6.07) is 3.28. The molecule has 1 aromatic rings. The van der Waals surface area contributed by atoms with Crippen LogP contribution in [0.4, 0.5) is 0 Å². The molecule has 64 valence electrons. The van der Waals surface area contributed by atoms with Gasteiger partial charge in [0.25, 0.3) is 0 Å². The maximum Gasteiger partial charge on any atom is 0.337 e. The molecule has 1 aromatic heterocycles. The van der Waals surface area contributed by atoms with Crippen molar-refractivity contribution < 1.29 is 9.90 Å². The minimum absolute atomic E-state index is 0.232. The molecule has 0 unspecified atom stereocenters. The van der Waals surface area contributed by atoms with E-state index in [4.69, 9.17) is 5.11 Å². The van der Waals surface area contributed by atoms with Crippen molar-refractivity contribution in [2.24, 2.45) is 0 Å². The molecular weight excluding hydrogens is 174 g/mol. The van der Waals surface area contributed by atoms with E-state index < -0.39 is 5.97 Å². The Bertz CT molecular complexity index is 271. The molecule has 0 saturated carbocycles. The predicted octanol–water partition coefficient (Wildman–Crippen LogP) is 1.89. The maximum absolute atomic E-state index is 10.4. The lowest BCUT2D eigenvalue weighted by Crippen LogP contribution is -1.96. The Balaban J connectivity index is 2.78. The van der Waals surface area contributed by atoms with Gasteiger partial charge in [-0.05, 0) is 17.9 Å². The molecule has 12 heavy (non-hydrogen) atoms. The topological polar surface area (TPSA) is 50.2 Å². The Morgan fingerprint density at radius 1 is 1.67 bits per heavy atom. The van der Waals surface area contributed by atoms with Gasteiger partial charge in [-0.25, -0.2) is 9.78 Å². The molecule has 1 heterocycles. The van der Waals surface area contributed by atoms with Crippen LogP contribution < -0.4 is 0 Å². The number of thioether (sulfide) groups is 1. The van der Waals surface area contributed by atoms with E-state index in [0.29, 0.717) is 0 Å². The molecule has 4 heteroatoms. The molecule has 0 spiro atoms. The molecule has 1 N–H and O–H groups in total. The first-order chi connectivity index (χ1) is 5.74. The van der Waals surface area contributed by atoms with Crippen molar-refractivity contribution in [3.05, 3.63) is 23.9 Å². The van der Waals surface area contributed by atoms with Crippen molar-refractivity contribution in [1.29, 1.82) is 0 Å². The monoisotopic (exact) mass is 183 g/mol. The van der Waals surface area contributed by atoms with Crippen molar-refractivity contribution in [1.82, 2.24) is 4.98 Å². The lowest BCUT2D eigenvalue weighted by atomic mass is 10.3. The summed E-state index contributed by atoms with van der Waals surface area (Å²) in [5.41, 5.74) is 0.232. The highest BCUT2D eigenvalue weighted by molar-refractivity contribution is 7.99. The van der Waals surface area contributed by atoms with E-state index in [0.717, 1.165) is 10.8 Å². The smallest absolute Gasteiger partial charge is 0.337 e. The minimum Gasteiger partial charge on any atom is -0.478 e. The SMILES string of the molecule is CCSc1ccc(C(=O)O)cn1. The highest BCUT2D eigenvalue weighted by Crippen LogP contribution is 2.13. The van der Waals surface area contributed by atoms with Gasteiger partial charge in [0, 0.05) is 6.20 Å². The number of aromatic nitrogens is 1. The molecule has 0 aliphatic carbocycles. The first-order valence-electron chi connectivity index (χ1n) is 3.56. The summed E-state index contributed by atoms with van der Waals surface area (Å²) in [6.07, 6.45) is 1.38. The average molecular weight is 183 g/mol. The van der Waals surface area contributed by atoms with E-state index in [-0.39, 0.29) is 5.56 Å². The van der Waals surface area contributed by atoms with Gasteiger partial charge in [0.05, 0.1) is 10.6 Å². The van der Waals surface area contributed by atoms with Crippen molar-refractivity contribution in [3.63, 3.8) is 0 Å². The molecule has 0 fully saturated rings. The molecule has 3 nitrogen and oxygen atoms in total. The fourth-order valence-corrected chi connectivity index (χ4v) is 1.33. The van der Waals surface area contributed by atoms with Crippen LogP contribution in [-0.4, -0.2) is 21.8 Å². The Labute approximate surface area is 74.8 Å². The van der Waals surface area contributed by atoms with E-state index >= 15 is 0 Å². The number of rotatable bonds is 3. The number of hydrogen-bond donors (Lipinski definition) is 1. The zero-order valence-corrected chi connectivity index (χ0v) is 7.47. The summed E-state index contributed by atoms with van der Waals surface area (Å²) < 4.78 is 0. The Kier molecular flexibility index (Phi) is 3.10. The second kappa shape index (κ2) is 4.11. The Morgan fingerprint density at radius 3 is 2.83 bits per heavy atom. The minimum atomic E-state index is -0.935. The predicted molar refractivity (Wildman–Crippen MR) is 47.6 cm³/mol. The third-order valence-electron chi connectivity index (χ3n) is 1.28. The van der Waals surface area contributed by atoms with Gasteiger partial charge in [-0.1, -0.05) is 6.92 Å². The van der Waals surface area contributed by atoms with Crippen LogP contribution in [0, 0.1) is 0 Å². The fourth-order valence-electron chi connectivity index (χ4n) is 0.740. The number of nitrogens with zero attached hydrogens (tertiary/aromatic N) is 1. The van der Waals surface area contributed by atoms with Crippen molar-refractivity contribution in [2.75, 3.05) is 5.75 Å². The van der Waals surface area contributed by atoms with Gasteiger partial charge >= 0.3 is 5.97 Å². The van der Waals surface area contributed by atoms with Crippen molar-refractivity contribution >= 4 is 17.7 Å². The normalized spacial score (nSPS) is 9.75. The summed E-state index contributed by atoms with van der Waals surface area (Å²) in [6.45, 7) is 2.03. The van der Waals surface area contributed by atoms with E-state index in [1.54, 1.807) is 23.9 Å². The number of pyridine rings is 1. The number of carbonyl (C=O) groups is 1. The molecule has 1 rings (SSSR count). The van der Waals surface area contributed by atoms with Crippen LogP contribution in [0.15, 0.2) is 23.4 Å². The largest absolute Gasteiger partial charge is 0.478 e. The molecule has 0 amide bonds. The third kappa shape index (κ3) is 2.23. The second-order valence-electron chi connectivity index (χ2n) is 2.12. The lowest BCUT2D eigenvalue weighted by Gasteiger charge is -1.96. The van der Waals surface area contributed by atoms with Crippen LogP contribution in [0.3, 0.4) is 0 Å². The van der Waals surface area contributed by atoms with Gasteiger partial charge in [-0.2, -0.15) is 0 Å².